The highest BCUT2D eigenvalue weighted by molar-refractivity contribution is 8.00. The van der Waals surface area contributed by atoms with Crippen LogP contribution in [0, 0.1) is 22.7 Å². The first kappa shape index (κ1) is 51.6. The van der Waals surface area contributed by atoms with Gasteiger partial charge in [-0.2, -0.15) is 50.7 Å². The van der Waals surface area contributed by atoms with Gasteiger partial charge in [-0.25, -0.2) is 0 Å². The van der Waals surface area contributed by atoms with Crippen LogP contribution in [0.4, 0.5) is 56.0 Å². The van der Waals surface area contributed by atoms with Crippen LogP contribution in [0.5, 0.6) is 0 Å². The summed E-state index contributed by atoms with van der Waals surface area (Å²) in [6.45, 7) is 10.0. The van der Waals surface area contributed by atoms with Gasteiger partial charge in [-0.05, 0) is 64.1 Å². The molecule has 67 heavy (non-hydrogen) atoms. The number of nitrogens with one attached hydrogen (secondary N) is 2. The normalized spacial score (nSPS) is 12.0. The standard InChI is InChI=1S/C37H37N13O11S6/c1-5-49(6-2)21-9-11-25(45-47-33-23(17-38)31(66(56,57)58)29(19-51)63-33)27(15-21)40-35-42-36(44-37(43-35)62-13-14-65(53,54)55)41-28-16-22(50(7-3)8-4)10-12-26(28)46-48-34-24(18-39)32(67(59,60)61)30(20-52)64-34/h9-12,15-16,19-20H,5-8,13-14H2,1-4H3,(H,53,54,55)(H,56,57,58)(H,59,60,61)(H2,40,41,42,43,44). The van der Waals surface area contributed by atoms with E-state index in [1.54, 1.807) is 48.5 Å². The summed E-state index contributed by atoms with van der Waals surface area (Å²) in [7, 11) is -14.4. The molecule has 0 aliphatic rings. The number of rotatable bonds is 22. The molecular formula is C37H37N13O11S6. The molecule has 0 atom stereocenters. The van der Waals surface area contributed by atoms with Crippen molar-refractivity contribution in [1.29, 1.82) is 10.5 Å². The lowest BCUT2D eigenvalue weighted by Crippen LogP contribution is -2.21. The second-order valence-corrected chi connectivity index (χ2v) is 20.6. The fourth-order valence-electron chi connectivity index (χ4n) is 6.05. The van der Waals surface area contributed by atoms with E-state index in [1.807, 2.05) is 37.5 Å². The fraction of sp³-hybridized carbons (Fsp3) is 0.270. The maximum absolute atomic E-state index is 12.1. The van der Waals surface area contributed by atoms with Crippen molar-refractivity contribution in [2.45, 2.75) is 42.6 Å². The van der Waals surface area contributed by atoms with E-state index >= 15 is 0 Å². The molecule has 2 aromatic carbocycles. The smallest absolute Gasteiger partial charge is 0.297 e. The number of carbonyl (C=O) groups is 2. The molecule has 3 aromatic heterocycles. The SMILES string of the molecule is CCN(CC)c1ccc(N=Nc2sc(C=O)c(S(=O)(=O)O)c2C#N)c(Nc2nc(Nc3cc(N(CC)CC)ccc3N=Nc3sc(C=O)c(S(=O)(=O)O)c3C#N)nc(SCCS(=O)(=O)O)n2)c1. The number of nitriles is 2. The number of benzene rings is 2. The Morgan fingerprint density at radius 1 is 0.672 bits per heavy atom. The Bertz CT molecular complexity index is 3000. The summed E-state index contributed by atoms with van der Waals surface area (Å²) in [6.07, 6.45) is 0.314. The fourth-order valence-corrected chi connectivity index (χ4v) is 11.7. The molecule has 352 valence electrons. The van der Waals surface area contributed by atoms with E-state index in [0.29, 0.717) is 60.2 Å². The van der Waals surface area contributed by atoms with E-state index in [4.69, 9.17) is 0 Å². The Morgan fingerprint density at radius 2 is 1.07 bits per heavy atom. The molecule has 5 aromatic rings. The molecule has 3 heterocycles. The first-order valence-electron chi connectivity index (χ1n) is 19.2. The van der Waals surface area contributed by atoms with Crippen molar-refractivity contribution in [3.63, 3.8) is 0 Å². The van der Waals surface area contributed by atoms with Crippen LogP contribution in [-0.2, 0) is 30.4 Å². The summed E-state index contributed by atoms with van der Waals surface area (Å²) >= 11 is 1.85. The van der Waals surface area contributed by atoms with Gasteiger partial charge in [0.05, 0.1) is 26.9 Å². The molecule has 0 spiro atoms. The molecule has 0 radical (unpaired) electrons. The minimum absolute atomic E-state index is 0.0532. The van der Waals surface area contributed by atoms with Gasteiger partial charge in [-0.1, -0.05) is 11.8 Å². The Labute approximate surface area is 395 Å². The number of hydrogen-bond donors (Lipinski definition) is 5. The minimum atomic E-state index is -5.01. The lowest BCUT2D eigenvalue weighted by atomic mass is 10.2. The Balaban J connectivity index is 1.67. The molecule has 0 aliphatic carbocycles. The molecule has 24 nitrogen and oxygen atoms in total. The van der Waals surface area contributed by atoms with Gasteiger partial charge in [-0.3, -0.25) is 23.2 Å². The molecular weight excluding hydrogens is 995 g/mol. The number of nitrogens with zero attached hydrogens (tertiary/aromatic N) is 11. The topological polar surface area (TPSA) is 363 Å². The molecule has 0 fully saturated rings. The zero-order valence-corrected chi connectivity index (χ0v) is 40.2. The molecule has 0 amide bonds. The quantitative estimate of drug-likeness (QED) is 0.0190. The van der Waals surface area contributed by atoms with Gasteiger partial charge in [-0.15, -0.1) is 43.1 Å². The third-order valence-corrected chi connectivity index (χ3v) is 15.1. The van der Waals surface area contributed by atoms with E-state index in [1.165, 1.54) is 0 Å². The largest absolute Gasteiger partial charge is 0.372 e. The lowest BCUT2D eigenvalue weighted by Gasteiger charge is -2.22. The molecule has 0 saturated carbocycles. The highest BCUT2D eigenvalue weighted by Gasteiger charge is 2.29. The van der Waals surface area contributed by atoms with Gasteiger partial charge >= 0.3 is 0 Å². The summed E-state index contributed by atoms with van der Waals surface area (Å²) in [5.41, 5.74) is 0.715. The molecule has 30 heteroatoms. The zero-order valence-electron chi connectivity index (χ0n) is 35.3. The van der Waals surface area contributed by atoms with Gasteiger partial charge in [0.1, 0.15) is 44.4 Å². The number of thioether (sulfide) groups is 1. The van der Waals surface area contributed by atoms with E-state index in [0.717, 1.165) is 11.8 Å². The minimum Gasteiger partial charge on any atom is -0.372 e. The van der Waals surface area contributed by atoms with Crippen LogP contribution in [0.15, 0.2) is 71.8 Å². The van der Waals surface area contributed by atoms with Crippen LogP contribution >= 0.6 is 34.4 Å². The lowest BCUT2D eigenvalue weighted by molar-refractivity contribution is 0.111. The first-order chi connectivity index (χ1) is 31.7. The number of thiophene rings is 2. The van der Waals surface area contributed by atoms with E-state index < -0.39 is 66.8 Å². The molecule has 0 unspecified atom stereocenters. The number of anilines is 6. The molecule has 5 N–H and O–H groups in total. The average molecular weight is 1030 g/mol. The number of hydrogen-bond acceptors (Lipinski definition) is 24. The van der Waals surface area contributed by atoms with E-state index in [9.17, 15) is 59.0 Å². The zero-order chi connectivity index (χ0) is 49.3. The second-order valence-electron chi connectivity index (χ2n) is 13.2. The maximum Gasteiger partial charge on any atom is 0.297 e. The Morgan fingerprint density at radius 3 is 1.40 bits per heavy atom. The van der Waals surface area contributed by atoms with Gasteiger partial charge in [0.25, 0.3) is 30.4 Å². The van der Waals surface area contributed by atoms with Crippen molar-refractivity contribution in [3.05, 3.63) is 57.3 Å². The number of aromatic nitrogens is 3. The van der Waals surface area contributed by atoms with Gasteiger partial charge in [0.2, 0.25) is 11.9 Å². The molecule has 0 bridgehead atoms. The highest BCUT2D eigenvalue weighted by atomic mass is 32.2. The summed E-state index contributed by atoms with van der Waals surface area (Å²) in [4.78, 5) is 38.1. The Hall–Kier alpha value is -6.35. The summed E-state index contributed by atoms with van der Waals surface area (Å²) in [6, 6.07) is 13.1. The predicted octanol–water partition coefficient (Wildman–Crippen LogP) is 7.85. The summed E-state index contributed by atoms with van der Waals surface area (Å²) in [5, 5.41) is 41.6. The van der Waals surface area contributed by atoms with Crippen LogP contribution in [-0.4, -0.2) is 104 Å². The number of carbonyl (C=O) groups excluding carboxylic acids is 2. The van der Waals surface area contributed by atoms with Gasteiger partial charge in [0, 0.05) is 43.3 Å². The number of aldehydes is 2. The van der Waals surface area contributed by atoms with Crippen molar-refractivity contribution < 1.29 is 48.5 Å². The van der Waals surface area contributed by atoms with Gasteiger partial charge in [0.15, 0.2) is 27.7 Å². The average Bonchev–Trinajstić information content (AvgIpc) is 3.84. The van der Waals surface area contributed by atoms with Crippen LogP contribution in [0.3, 0.4) is 0 Å². The second kappa shape index (κ2) is 22.0. The van der Waals surface area contributed by atoms with Crippen LogP contribution < -0.4 is 20.4 Å². The van der Waals surface area contributed by atoms with Crippen molar-refractivity contribution >= 4 is 133 Å². The highest BCUT2D eigenvalue weighted by Crippen LogP contribution is 2.42. The van der Waals surface area contributed by atoms with Crippen LogP contribution in [0.2, 0.25) is 0 Å². The molecule has 0 saturated heterocycles. The maximum atomic E-state index is 12.1. The van der Waals surface area contributed by atoms with Crippen molar-refractivity contribution in [2.24, 2.45) is 20.5 Å². The Kier molecular flexibility index (Phi) is 16.9. The monoisotopic (exact) mass is 1030 g/mol. The van der Waals surface area contributed by atoms with Crippen molar-refractivity contribution in [3.8, 4) is 12.1 Å². The van der Waals surface area contributed by atoms with Crippen molar-refractivity contribution in [2.75, 3.05) is 58.1 Å². The number of azo groups is 2. The first-order valence-corrected chi connectivity index (χ1v) is 26.3. The molecule has 5 rings (SSSR count). The van der Waals surface area contributed by atoms with Gasteiger partial charge < -0.3 is 20.4 Å². The van der Waals surface area contributed by atoms with Crippen LogP contribution in [0.1, 0.15) is 58.2 Å². The summed E-state index contributed by atoms with van der Waals surface area (Å²) < 4.78 is 101. The van der Waals surface area contributed by atoms with E-state index in [-0.39, 0.29) is 68.1 Å². The molecule has 0 aliphatic heterocycles. The summed E-state index contributed by atoms with van der Waals surface area (Å²) in [5.74, 6) is -1.20. The van der Waals surface area contributed by atoms with E-state index in [2.05, 4.69) is 46.0 Å². The third-order valence-electron chi connectivity index (χ3n) is 9.09. The van der Waals surface area contributed by atoms with Crippen molar-refractivity contribution in [1.82, 2.24) is 15.0 Å². The third kappa shape index (κ3) is 12.8. The van der Waals surface area contributed by atoms with Crippen LogP contribution in [0.25, 0.3) is 0 Å². The predicted molar refractivity (Wildman–Crippen MR) is 250 cm³/mol.